The molecule has 0 saturated carbocycles. The lowest BCUT2D eigenvalue weighted by Gasteiger charge is -2.01. The second kappa shape index (κ2) is 6.05. The van der Waals surface area contributed by atoms with Crippen LogP contribution in [-0.4, -0.2) is 5.78 Å². The van der Waals surface area contributed by atoms with E-state index in [0.29, 0.717) is 21.2 Å². The fraction of sp³-hybridized carbons (Fsp3) is 0.0625. The molecule has 0 aliphatic rings. The van der Waals surface area contributed by atoms with Crippen LogP contribution < -0.4 is 0 Å². The van der Waals surface area contributed by atoms with Gasteiger partial charge in [0.2, 0.25) is 0 Å². The predicted molar refractivity (Wildman–Crippen MR) is 81.0 cm³/mol. The Morgan fingerprint density at radius 2 is 1.58 bits per heavy atom. The van der Waals surface area contributed by atoms with Crippen molar-refractivity contribution in [3.8, 4) is 0 Å². The Morgan fingerprint density at radius 1 is 1.00 bits per heavy atom. The Kier molecular flexibility index (Phi) is 4.41. The fourth-order valence-corrected chi connectivity index (χ4v) is 2.17. The molecule has 0 unspecified atom stereocenters. The molecule has 19 heavy (non-hydrogen) atoms. The summed E-state index contributed by atoms with van der Waals surface area (Å²) in [6, 6.07) is 12.7. The molecule has 0 fully saturated rings. The fourth-order valence-electron chi connectivity index (χ4n) is 1.64. The molecule has 0 bridgehead atoms. The second-order valence-electron chi connectivity index (χ2n) is 4.20. The lowest BCUT2D eigenvalue weighted by Crippen LogP contribution is -1.93. The zero-order chi connectivity index (χ0) is 13.8. The molecule has 2 rings (SSSR count). The molecule has 0 spiro atoms. The second-order valence-corrected chi connectivity index (χ2v) is 5.01. The Labute approximate surface area is 122 Å². The maximum absolute atomic E-state index is 12.0. The molecule has 0 atom stereocenters. The molecular weight excluding hydrogens is 279 g/mol. The van der Waals surface area contributed by atoms with E-state index in [1.807, 2.05) is 19.1 Å². The highest BCUT2D eigenvalue weighted by Gasteiger charge is 2.04. The van der Waals surface area contributed by atoms with Gasteiger partial charge in [0.05, 0.1) is 0 Å². The van der Waals surface area contributed by atoms with Crippen LogP contribution in [0.4, 0.5) is 0 Å². The molecule has 0 aliphatic carbocycles. The zero-order valence-corrected chi connectivity index (χ0v) is 11.9. The molecule has 96 valence electrons. The van der Waals surface area contributed by atoms with E-state index in [0.717, 1.165) is 5.56 Å². The smallest absolute Gasteiger partial charge is 0.185 e. The van der Waals surface area contributed by atoms with Crippen molar-refractivity contribution in [1.82, 2.24) is 0 Å². The molecule has 0 N–H and O–H groups in total. The topological polar surface area (TPSA) is 17.1 Å². The van der Waals surface area contributed by atoms with E-state index in [9.17, 15) is 4.79 Å². The first kappa shape index (κ1) is 13.9. The predicted octanol–water partition coefficient (Wildman–Crippen LogP) is 5.20. The lowest BCUT2D eigenvalue weighted by atomic mass is 10.1. The quantitative estimate of drug-likeness (QED) is 0.561. The minimum absolute atomic E-state index is 0.0732. The Hall–Kier alpha value is -1.57. The van der Waals surface area contributed by atoms with Crippen molar-refractivity contribution in [3.63, 3.8) is 0 Å². The molecule has 0 heterocycles. The van der Waals surface area contributed by atoms with Crippen molar-refractivity contribution in [2.75, 3.05) is 0 Å². The van der Waals surface area contributed by atoms with E-state index in [-0.39, 0.29) is 5.78 Å². The monoisotopic (exact) mass is 290 g/mol. The molecule has 0 aliphatic heterocycles. The maximum atomic E-state index is 12.0. The van der Waals surface area contributed by atoms with E-state index in [1.54, 1.807) is 36.4 Å². The van der Waals surface area contributed by atoms with Gasteiger partial charge in [0, 0.05) is 21.2 Å². The number of rotatable bonds is 3. The van der Waals surface area contributed by atoms with Gasteiger partial charge in [0.1, 0.15) is 0 Å². The van der Waals surface area contributed by atoms with E-state index in [1.165, 1.54) is 6.08 Å². The molecule has 3 heteroatoms. The number of carbonyl (C=O) groups excluding carboxylic acids is 1. The van der Waals surface area contributed by atoms with Crippen LogP contribution in [0.15, 0.2) is 48.5 Å². The largest absolute Gasteiger partial charge is 0.289 e. The molecule has 0 radical (unpaired) electrons. The zero-order valence-electron chi connectivity index (χ0n) is 10.4. The van der Waals surface area contributed by atoms with Crippen molar-refractivity contribution in [2.45, 2.75) is 6.92 Å². The van der Waals surface area contributed by atoms with E-state index in [4.69, 9.17) is 23.2 Å². The molecule has 1 nitrogen and oxygen atoms in total. The average Bonchev–Trinajstić information content (AvgIpc) is 2.38. The van der Waals surface area contributed by atoms with Gasteiger partial charge in [-0.25, -0.2) is 0 Å². The van der Waals surface area contributed by atoms with Crippen LogP contribution in [0.5, 0.6) is 0 Å². The van der Waals surface area contributed by atoms with E-state index >= 15 is 0 Å². The molecule has 2 aromatic carbocycles. The third-order valence-electron chi connectivity index (χ3n) is 2.74. The van der Waals surface area contributed by atoms with Crippen LogP contribution in [-0.2, 0) is 0 Å². The number of benzene rings is 2. The highest BCUT2D eigenvalue weighted by molar-refractivity contribution is 6.37. The number of halogens is 2. The van der Waals surface area contributed by atoms with Crippen LogP contribution in [0.1, 0.15) is 21.5 Å². The minimum atomic E-state index is -0.0732. The number of ketones is 1. The van der Waals surface area contributed by atoms with Gasteiger partial charge < -0.3 is 0 Å². The molecule has 2 aromatic rings. The first-order valence-corrected chi connectivity index (χ1v) is 6.56. The molecular formula is C16H12Cl2O. The number of hydrogen-bond acceptors (Lipinski definition) is 1. The summed E-state index contributed by atoms with van der Waals surface area (Å²) >= 11 is 12.1. The standard InChI is InChI=1S/C16H12Cl2O/c1-11-5-7-12(8-6-11)16(19)10-9-13-14(17)3-2-4-15(13)18/h2-10H,1H3/b10-9-. The van der Waals surface area contributed by atoms with Crippen molar-refractivity contribution in [1.29, 1.82) is 0 Å². The van der Waals surface area contributed by atoms with Crippen LogP contribution in [0.3, 0.4) is 0 Å². The van der Waals surface area contributed by atoms with Crippen molar-refractivity contribution in [3.05, 3.63) is 75.3 Å². The highest BCUT2D eigenvalue weighted by Crippen LogP contribution is 2.25. The van der Waals surface area contributed by atoms with Crippen molar-refractivity contribution < 1.29 is 4.79 Å². The Bertz CT molecular complexity index is 607. The number of aryl methyl sites for hydroxylation is 1. The van der Waals surface area contributed by atoms with Gasteiger partial charge in [-0.2, -0.15) is 0 Å². The summed E-state index contributed by atoms with van der Waals surface area (Å²) in [5, 5.41) is 1.06. The summed E-state index contributed by atoms with van der Waals surface area (Å²) in [6.07, 6.45) is 3.13. The van der Waals surface area contributed by atoms with Crippen molar-refractivity contribution >= 4 is 35.1 Å². The van der Waals surface area contributed by atoms with Gasteiger partial charge in [0.25, 0.3) is 0 Å². The first-order valence-electron chi connectivity index (χ1n) is 5.81. The number of hydrogen-bond donors (Lipinski definition) is 0. The first-order chi connectivity index (χ1) is 9.08. The summed E-state index contributed by atoms with van der Waals surface area (Å²) in [7, 11) is 0. The SMILES string of the molecule is Cc1ccc(C(=O)/C=C\c2c(Cl)cccc2Cl)cc1. The van der Waals surface area contributed by atoms with Gasteiger partial charge in [-0.15, -0.1) is 0 Å². The maximum Gasteiger partial charge on any atom is 0.185 e. The Balaban J connectivity index is 2.23. The van der Waals surface area contributed by atoms with Gasteiger partial charge in [-0.05, 0) is 31.2 Å². The summed E-state index contributed by atoms with van der Waals surface area (Å²) in [6.45, 7) is 1.98. The van der Waals surface area contributed by atoms with Crippen LogP contribution in [0, 0.1) is 6.92 Å². The molecule has 0 saturated heterocycles. The van der Waals surface area contributed by atoms with Gasteiger partial charge in [-0.1, -0.05) is 59.1 Å². The van der Waals surface area contributed by atoms with E-state index in [2.05, 4.69) is 0 Å². The number of allylic oxidation sites excluding steroid dienone is 1. The summed E-state index contributed by atoms with van der Waals surface area (Å²) in [5.41, 5.74) is 2.42. The number of carbonyl (C=O) groups is 1. The molecule has 0 aromatic heterocycles. The van der Waals surface area contributed by atoms with Gasteiger partial charge in [0.15, 0.2) is 5.78 Å². The minimum Gasteiger partial charge on any atom is -0.289 e. The van der Waals surface area contributed by atoms with Gasteiger partial charge in [-0.3, -0.25) is 4.79 Å². The molecule has 0 amide bonds. The third kappa shape index (κ3) is 3.46. The summed E-state index contributed by atoms with van der Waals surface area (Å²) in [4.78, 5) is 12.0. The van der Waals surface area contributed by atoms with E-state index < -0.39 is 0 Å². The van der Waals surface area contributed by atoms with Crippen LogP contribution in [0.25, 0.3) is 6.08 Å². The average molecular weight is 291 g/mol. The summed E-state index contributed by atoms with van der Waals surface area (Å²) < 4.78 is 0. The van der Waals surface area contributed by atoms with Crippen LogP contribution in [0.2, 0.25) is 10.0 Å². The Morgan fingerprint density at radius 3 is 2.16 bits per heavy atom. The third-order valence-corrected chi connectivity index (χ3v) is 3.40. The summed E-state index contributed by atoms with van der Waals surface area (Å²) in [5.74, 6) is -0.0732. The highest BCUT2D eigenvalue weighted by atomic mass is 35.5. The van der Waals surface area contributed by atoms with Gasteiger partial charge >= 0.3 is 0 Å². The lowest BCUT2D eigenvalue weighted by molar-refractivity contribution is 0.104. The van der Waals surface area contributed by atoms with Crippen molar-refractivity contribution in [2.24, 2.45) is 0 Å². The van der Waals surface area contributed by atoms with Crippen LogP contribution >= 0.6 is 23.2 Å². The normalized spacial score (nSPS) is 10.9.